The van der Waals surface area contributed by atoms with Crippen LogP contribution in [0, 0.1) is 18.6 Å². The van der Waals surface area contributed by atoms with E-state index >= 15 is 0 Å². The number of carbonyl (C=O) groups excluding carboxylic acids is 2. The molecule has 0 saturated carbocycles. The molecule has 35 heavy (non-hydrogen) atoms. The molecule has 1 N–H and O–H groups in total. The molecule has 0 fully saturated rings. The molecule has 2 amide bonds. The topological polar surface area (TPSA) is 86.8 Å². The normalized spacial score (nSPS) is 12.2. The zero-order chi connectivity index (χ0) is 26.2. The van der Waals surface area contributed by atoms with E-state index in [9.17, 15) is 26.8 Å². The Morgan fingerprint density at radius 1 is 1.06 bits per heavy atom. The summed E-state index contributed by atoms with van der Waals surface area (Å²) >= 11 is 0. The zero-order valence-corrected chi connectivity index (χ0v) is 21.4. The Kier molecular flexibility index (Phi) is 10.2. The predicted octanol–water partition coefficient (Wildman–Crippen LogP) is 3.76. The first-order chi connectivity index (χ1) is 16.5. The van der Waals surface area contributed by atoms with Crippen LogP contribution in [0.4, 0.5) is 14.5 Å². The van der Waals surface area contributed by atoms with Gasteiger partial charge in [0.1, 0.15) is 12.6 Å². The Bertz CT molecular complexity index is 1140. The van der Waals surface area contributed by atoms with Crippen molar-refractivity contribution in [3.05, 3.63) is 65.2 Å². The molecular formula is C25H33F2N3O4S. The summed E-state index contributed by atoms with van der Waals surface area (Å²) in [6, 6.07) is 9.16. The van der Waals surface area contributed by atoms with Crippen LogP contribution in [0.5, 0.6) is 0 Å². The van der Waals surface area contributed by atoms with Gasteiger partial charge in [-0.1, -0.05) is 44.5 Å². The van der Waals surface area contributed by atoms with Gasteiger partial charge in [0.2, 0.25) is 21.8 Å². The number of nitrogens with zero attached hydrogens (tertiary/aromatic N) is 2. The number of aryl methyl sites for hydroxylation is 1. The van der Waals surface area contributed by atoms with Crippen molar-refractivity contribution in [2.45, 2.75) is 52.6 Å². The number of hydrogen-bond acceptors (Lipinski definition) is 4. The van der Waals surface area contributed by atoms with Gasteiger partial charge in [0.15, 0.2) is 11.6 Å². The van der Waals surface area contributed by atoms with E-state index in [0.717, 1.165) is 48.4 Å². The molecule has 2 rings (SSSR count). The van der Waals surface area contributed by atoms with E-state index in [1.807, 2.05) is 38.1 Å². The number of amides is 2. The molecule has 7 nitrogen and oxygen atoms in total. The second-order valence-corrected chi connectivity index (χ2v) is 10.3. The van der Waals surface area contributed by atoms with Crippen LogP contribution < -0.4 is 9.62 Å². The van der Waals surface area contributed by atoms with Crippen molar-refractivity contribution < 1.29 is 26.8 Å². The number of benzene rings is 2. The monoisotopic (exact) mass is 509 g/mol. The van der Waals surface area contributed by atoms with E-state index in [2.05, 4.69) is 5.32 Å². The molecule has 0 aromatic heterocycles. The van der Waals surface area contributed by atoms with Crippen LogP contribution in [0.15, 0.2) is 42.5 Å². The number of nitrogens with one attached hydrogen (secondary N) is 1. The fraction of sp³-hybridized carbons (Fsp3) is 0.440. The minimum atomic E-state index is -4.03. The highest BCUT2D eigenvalue weighted by Gasteiger charge is 2.32. The van der Waals surface area contributed by atoms with Gasteiger partial charge >= 0.3 is 0 Å². The molecule has 0 radical (unpaired) electrons. The largest absolute Gasteiger partial charge is 0.354 e. The number of anilines is 1. The molecule has 0 unspecified atom stereocenters. The summed E-state index contributed by atoms with van der Waals surface area (Å²) in [5.74, 6) is -3.34. The van der Waals surface area contributed by atoms with Crippen LogP contribution in [-0.2, 0) is 26.2 Å². The third-order valence-corrected chi connectivity index (χ3v) is 6.83. The van der Waals surface area contributed by atoms with E-state index < -0.39 is 40.2 Å². The molecule has 0 saturated heterocycles. The van der Waals surface area contributed by atoms with Crippen molar-refractivity contribution >= 4 is 27.5 Å². The summed E-state index contributed by atoms with van der Waals surface area (Å²) in [7, 11) is -4.03. The smallest absolute Gasteiger partial charge is 0.244 e. The van der Waals surface area contributed by atoms with Crippen molar-refractivity contribution in [2.24, 2.45) is 0 Å². The van der Waals surface area contributed by atoms with Crippen LogP contribution in [-0.4, -0.2) is 50.5 Å². The maximum atomic E-state index is 13.8. The van der Waals surface area contributed by atoms with Crippen molar-refractivity contribution in [1.29, 1.82) is 0 Å². The van der Waals surface area contributed by atoms with E-state index in [4.69, 9.17) is 0 Å². The highest BCUT2D eigenvalue weighted by molar-refractivity contribution is 7.92. The van der Waals surface area contributed by atoms with Gasteiger partial charge in [0.25, 0.3) is 0 Å². The lowest BCUT2D eigenvalue weighted by Gasteiger charge is -2.33. The van der Waals surface area contributed by atoms with Crippen molar-refractivity contribution in [3.63, 3.8) is 0 Å². The fourth-order valence-electron chi connectivity index (χ4n) is 3.65. The predicted molar refractivity (Wildman–Crippen MR) is 132 cm³/mol. The summed E-state index contributed by atoms with van der Waals surface area (Å²) < 4.78 is 53.0. The first-order valence-corrected chi connectivity index (χ1v) is 13.4. The number of unbranched alkanes of at least 4 members (excludes halogenated alkanes) is 1. The maximum Gasteiger partial charge on any atom is 0.244 e. The molecule has 0 aliphatic rings. The Balaban J connectivity index is 2.43. The fourth-order valence-corrected chi connectivity index (χ4v) is 4.49. The Morgan fingerprint density at radius 2 is 1.74 bits per heavy atom. The van der Waals surface area contributed by atoms with Crippen LogP contribution in [0.2, 0.25) is 0 Å². The Labute approximate surface area is 206 Å². The number of hydrogen-bond donors (Lipinski definition) is 1. The minimum Gasteiger partial charge on any atom is -0.354 e. The highest BCUT2D eigenvalue weighted by atomic mass is 32.2. The third-order valence-electron chi connectivity index (χ3n) is 5.69. The van der Waals surface area contributed by atoms with Gasteiger partial charge in [-0.15, -0.1) is 0 Å². The first-order valence-electron chi connectivity index (χ1n) is 11.5. The number of rotatable bonds is 12. The SMILES string of the molecule is CCCCNC(=O)[C@H](CC)N(Cc1ccccc1C)C(=O)CN(c1ccc(F)c(F)c1)S(C)(=O)=O. The molecule has 0 aliphatic carbocycles. The summed E-state index contributed by atoms with van der Waals surface area (Å²) in [6.07, 6.45) is 2.86. The lowest BCUT2D eigenvalue weighted by atomic mass is 10.1. The van der Waals surface area contributed by atoms with Gasteiger partial charge in [0.05, 0.1) is 11.9 Å². The molecule has 192 valence electrons. The van der Waals surface area contributed by atoms with E-state index in [1.54, 1.807) is 6.92 Å². The number of sulfonamides is 1. The zero-order valence-electron chi connectivity index (χ0n) is 20.6. The molecule has 0 heterocycles. The average molecular weight is 510 g/mol. The van der Waals surface area contributed by atoms with Crippen LogP contribution >= 0.6 is 0 Å². The van der Waals surface area contributed by atoms with Gasteiger partial charge in [-0.3, -0.25) is 13.9 Å². The molecule has 0 spiro atoms. The lowest BCUT2D eigenvalue weighted by Crippen LogP contribution is -2.52. The average Bonchev–Trinajstić information content (AvgIpc) is 2.79. The van der Waals surface area contributed by atoms with Gasteiger partial charge in [0, 0.05) is 19.2 Å². The second-order valence-electron chi connectivity index (χ2n) is 8.38. The van der Waals surface area contributed by atoms with Gasteiger partial charge in [-0.05, 0) is 43.0 Å². The standard InChI is InChI=1S/C25H33F2N3O4S/c1-5-7-14-28-25(32)23(6-2)29(16-19-11-9-8-10-18(19)3)24(31)17-30(35(4,33)34)20-12-13-21(26)22(27)15-20/h8-13,15,23H,5-7,14,16-17H2,1-4H3,(H,28,32)/t23-/m0/s1. The number of carbonyl (C=O) groups is 2. The molecule has 1 atom stereocenters. The third kappa shape index (κ3) is 7.74. The van der Waals surface area contributed by atoms with Crippen LogP contribution in [0.25, 0.3) is 0 Å². The second kappa shape index (κ2) is 12.6. The lowest BCUT2D eigenvalue weighted by molar-refractivity contribution is -0.140. The van der Waals surface area contributed by atoms with Gasteiger partial charge < -0.3 is 10.2 Å². The molecule has 0 aliphatic heterocycles. The first kappa shape index (κ1) is 28.2. The molecule has 0 bridgehead atoms. The van der Waals surface area contributed by atoms with Gasteiger partial charge in [-0.2, -0.15) is 0 Å². The maximum absolute atomic E-state index is 13.8. The summed E-state index contributed by atoms with van der Waals surface area (Å²) in [5.41, 5.74) is 1.53. The summed E-state index contributed by atoms with van der Waals surface area (Å²) in [6.45, 7) is 5.52. The molecule has 2 aromatic rings. The molecule has 10 heteroatoms. The molecular weight excluding hydrogens is 476 g/mol. The summed E-state index contributed by atoms with van der Waals surface area (Å²) in [4.78, 5) is 27.9. The molecule has 2 aromatic carbocycles. The van der Waals surface area contributed by atoms with Gasteiger partial charge in [-0.25, -0.2) is 17.2 Å². The van der Waals surface area contributed by atoms with E-state index in [1.165, 1.54) is 4.90 Å². The van der Waals surface area contributed by atoms with Crippen LogP contribution in [0.3, 0.4) is 0 Å². The van der Waals surface area contributed by atoms with E-state index in [-0.39, 0.29) is 18.1 Å². The quantitative estimate of drug-likeness (QED) is 0.442. The Morgan fingerprint density at radius 3 is 2.31 bits per heavy atom. The Hall–Kier alpha value is -3.01. The highest BCUT2D eigenvalue weighted by Crippen LogP contribution is 2.22. The van der Waals surface area contributed by atoms with Crippen molar-refractivity contribution in [2.75, 3.05) is 23.7 Å². The minimum absolute atomic E-state index is 0.0839. The van der Waals surface area contributed by atoms with Crippen LogP contribution in [0.1, 0.15) is 44.2 Å². The van der Waals surface area contributed by atoms with Crippen molar-refractivity contribution in [1.82, 2.24) is 10.2 Å². The number of halogens is 2. The van der Waals surface area contributed by atoms with Crippen molar-refractivity contribution in [3.8, 4) is 0 Å². The van der Waals surface area contributed by atoms with E-state index in [0.29, 0.717) is 17.3 Å². The summed E-state index contributed by atoms with van der Waals surface area (Å²) in [5, 5.41) is 2.84.